The van der Waals surface area contributed by atoms with E-state index < -0.39 is 0 Å². The highest BCUT2D eigenvalue weighted by atomic mass is 15.3. The Morgan fingerprint density at radius 3 is 2.75 bits per heavy atom. The summed E-state index contributed by atoms with van der Waals surface area (Å²) in [6, 6.07) is 3.40. The van der Waals surface area contributed by atoms with Gasteiger partial charge in [-0.05, 0) is 38.2 Å². The zero-order valence-corrected chi connectivity index (χ0v) is 13.4. The molecule has 0 saturated heterocycles. The fraction of sp³-hybridized carbons (Fsp3) is 0.824. The van der Waals surface area contributed by atoms with E-state index in [1.54, 1.807) is 0 Å². The van der Waals surface area contributed by atoms with Crippen LogP contribution in [-0.2, 0) is 6.54 Å². The maximum absolute atomic E-state index is 4.76. The van der Waals surface area contributed by atoms with Gasteiger partial charge in [-0.15, -0.1) is 0 Å². The Kier molecular flexibility index (Phi) is 6.08. The monoisotopic (exact) mass is 277 g/mol. The van der Waals surface area contributed by atoms with Crippen LogP contribution in [-0.4, -0.2) is 15.8 Å². The Balaban J connectivity index is 1.77. The highest BCUT2D eigenvalue weighted by Gasteiger charge is 2.16. The van der Waals surface area contributed by atoms with Crippen LogP contribution in [0.2, 0.25) is 0 Å². The smallest absolute Gasteiger partial charge is 0.0762 e. The molecule has 1 heterocycles. The average molecular weight is 277 g/mol. The third-order valence-electron chi connectivity index (χ3n) is 4.70. The molecule has 2 atom stereocenters. The van der Waals surface area contributed by atoms with Crippen LogP contribution in [0.5, 0.6) is 0 Å². The summed E-state index contributed by atoms with van der Waals surface area (Å²) in [5.41, 5.74) is 1.19. The predicted molar refractivity (Wildman–Crippen MR) is 84.7 cm³/mol. The standard InChI is InChI=1S/C17H31N3/c1-4-14(2)12-15(3)18-13-16-10-11-20(19-16)17-8-6-5-7-9-17/h10-11,14-15,17-18H,4-9,12-13H2,1-3H3. The van der Waals surface area contributed by atoms with Crippen LogP contribution in [0.4, 0.5) is 0 Å². The maximum Gasteiger partial charge on any atom is 0.0762 e. The van der Waals surface area contributed by atoms with Gasteiger partial charge in [-0.1, -0.05) is 39.5 Å². The van der Waals surface area contributed by atoms with Crippen molar-refractivity contribution in [3.05, 3.63) is 18.0 Å². The molecule has 3 heteroatoms. The molecule has 1 aliphatic rings. The highest BCUT2D eigenvalue weighted by Crippen LogP contribution is 2.27. The molecule has 20 heavy (non-hydrogen) atoms. The number of nitrogens with one attached hydrogen (secondary N) is 1. The van der Waals surface area contributed by atoms with Gasteiger partial charge in [0, 0.05) is 18.8 Å². The first kappa shape index (κ1) is 15.6. The lowest BCUT2D eigenvalue weighted by atomic mass is 9.96. The van der Waals surface area contributed by atoms with Crippen molar-refractivity contribution in [2.75, 3.05) is 0 Å². The molecule has 0 radical (unpaired) electrons. The van der Waals surface area contributed by atoms with Crippen LogP contribution in [0.3, 0.4) is 0 Å². The highest BCUT2D eigenvalue weighted by molar-refractivity contribution is 5.00. The molecule has 1 fully saturated rings. The van der Waals surface area contributed by atoms with Crippen LogP contribution < -0.4 is 5.32 Å². The summed E-state index contributed by atoms with van der Waals surface area (Å²) in [5.74, 6) is 0.803. The minimum atomic E-state index is 0.574. The molecule has 2 rings (SSSR count). The third-order valence-corrected chi connectivity index (χ3v) is 4.70. The van der Waals surface area contributed by atoms with Gasteiger partial charge in [0.15, 0.2) is 0 Å². The molecule has 0 bridgehead atoms. The fourth-order valence-corrected chi connectivity index (χ4v) is 3.15. The molecule has 3 nitrogen and oxygen atoms in total. The fourth-order valence-electron chi connectivity index (χ4n) is 3.15. The SMILES string of the molecule is CCC(C)CC(C)NCc1ccn(C2CCCCC2)n1. The second-order valence-electron chi connectivity index (χ2n) is 6.61. The lowest BCUT2D eigenvalue weighted by Crippen LogP contribution is -2.27. The molecule has 1 saturated carbocycles. The van der Waals surface area contributed by atoms with Gasteiger partial charge in [-0.3, -0.25) is 4.68 Å². The van der Waals surface area contributed by atoms with Gasteiger partial charge in [0.1, 0.15) is 0 Å². The zero-order valence-electron chi connectivity index (χ0n) is 13.4. The largest absolute Gasteiger partial charge is 0.309 e. The summed E-state index contributed by atoms with van der Waals surface area (Å²) in [6.07, 6.45) is 11.4. The Labute approximate surface area is 124 Å². The summed E-state index contributed by atoms with van der Waals surface area (Å²) in [5, 5.41) is 8.36. The summed E-state index contributed by atoms with van der Waals surface area (Å²) < 4.78 is 2.20. The predicted octanol–water partition coefficient (Wildman–Crippen LogP) is 4.30. The van der Waals surface area contributed by atoms with Gasteiger partial charge in [0.2, 0.25) is 0 Å². The second-order valence-corrected chi connectivity index (χ2v) is 6.61. The molecule has 1 N–H and O–H groups in total. The molecular formula is C17H31N3. The Hall–Kier alpha value is -0.830. The minimum absolute atomic E-state index is 0.574. The molecule has 0 aromatic carbocycles. The molecular weight excluding hydrogens is 246 g/mol. The van der Waals surface area contributed by atoms with Crippen molar-refractivity contribution in [1.82, 2.24) is 15.1 Å². The van der Waals surface area contributed by atoms with Gasteiger partial charge in [0.25, 0.3) is 0 Å². The van der Waals surface area contributed by atoms with Crippen molar-refractivity contribution in [3.63, 3.8) is 0 Å². The lowest BCUT2D eigenvalue weighted by molar-refractivity contribution is 0.327. The molecule has 114 valence electrons. The summed E-state index contributed by atoms with van der Waals surface area (Å²) in [6.45, 7) is 7.78. The van der Waals surface area contributed by atoms with Crippen molar-refractivity contribution in [2.45, 2.75) is 84.3 Å². The van der Waals surface area contributed by atoms with Crippen molar-refractivity contribution in [2.24, 2.45) is 5.92 Å². The molecule has 0 amide bonds. The Bertz CT molecular complexity index is 379. The maximum atomic E-state index is 4.76. The van der Waals surface area contributed by atoms with E-state index in [1.165, 1.54) is 50.6 Å². The normalized spacial score (nSPS) is 19.9. The van der Waals surface area contributed by atoms with E-state index in [4.69, 9.17) is 5.10 Å². The van der Waals surface area contributed by atoms with Gasteiger partial charge in [0.05, 0.1) is 11.7 Å². The molecule has 1 aromatic heterocycles. The number of rotatable bonds is 7. The van der Waals surface area contributed by atoms with E-state index in [1.807, 2.05) is 0 Å². The summed E-state index contributed by atoms with van der Waals surface area (Å²) in [4.78, 5) is 0. The van der Waals surface area contributed by atoms with Gasteiger partial charge in [-0.25, -0.2) is 0 Å². The summed E-state index contributed by atoms with van der Waals surface area (Å²) >= 11 is 0. The van der Waals surface area contributed by atoms with Crippen LogP contribution >= 0.6 is 0 Å². The number of nitrogens with zero attached hydrogens (tertiary/aromatic N) is 2. The number of hydrogen-bond acceptors (Lipinski definition) is 2. The molecule has 1 aliphatic carbocycles. The van der Waals surface area contributed by atoms with Crippen molar-refractivity contribution >= 4 is 0 Å². The second kappa shape index (κ2) is 7.82. The first-order chi connectivity index (χ1) is 9.69. The van der Waals surface area contributed by atoms with Gasteiger partial charge in [-0.2, -0.15) is 5.10 Å². The first-order valence-electron chi connectivity index (χ1n) is 8.46. The van der Waals surface area contributed by atoms with Crippen LogP contribution in [0.1, 0.15) is 77.5 Å². The minimum Gasteiger partial charge on any atom is -0.309 e. The van der Waals surface area contributed by atoms with E-state index in [-0.39, 0.29) is 0 Å². The topological polar surface area (TPSA) is 29.9 Å². The van der Waals surface area contributed by atoms with E-state index in [9.17, 15) is 0 Å². The lowest BCUT2D eigenvalue weighted by Gasteiger charge is -2.22. The molecule has 0 aliphatic heterocycles. The van der Waals surface area contributed by atoms with Crippen LogP contribution in [0, 0.1) is 5.92 Å². The number of aromatic nitrogens is 2. The van der Waals surface area contributed by atoms with Gasteiger partial charge < -0.3 is 5.32 Å². The first-order valence-corrected chi connectivity index (χ1v) is 8.46. The van der Waals surface area contributed by atoms with E-state index in [0.29, 0.717) is 12.1 Å². The number of hydrogen-bond donors (Lipinski definition) is 1. The molecule has 0 spiro atoms. The zero-order chi connectivity index (χ0) is 14.4. The quantitative estimate of drug-likeness (QED) is 0.805. The van der Waals surface area contributed by atoms with Crippen LogP contribution in [0.15, 0.2) is 12.3 Å². The van der Waals surface area contributed by atoms with E-state index in [0.717, 1.165) is 12.5 Å². The van der Waals surface area contributed by atoms with Crippen molar-refractivity contribution in [3.8, 4) is 0 Å². The van der Waals surface area contributed by atoms with E-state index in [2.05, 4.69) is 43.0 Å². The Morgan fingerprint density at radius 2 is 2.05 bits per heavy atom. The molecule has 1 aromatic rings. The Morgan fingerprint density at radius 1 is 1.30 bits per heavy atom. The van der Waals surface area contributed by atoms with E-state index >= 15 is 0 Å². The third kappa shape index (κ3) is 4.62. The molecule has 2 unspecified atom stereocenters. The average Bonchev–Trinajstić information content (AvgIpc) is 2.95. The van der Waals surface area contributed by atoms with Crippen molar-refractivity contribution < 1.29 is 0 Å². The van der Waals surface area contributed by atoms with Crippen molar-refractivity contribution in [1.29, 1.82) is 0 Å². The van der Waals surface area contributed by atoms with Crippen LogP contribution in [0.25, 0.3) is 0 Å². The van der Waals surface area contributed by atoms with Gasteiger partial charge >= 0.3 is 0 Å². The summed E-state index contributed by atoms with van der Waals surface area (Å²) in [7, 11) is 0.